The van der Waals surface area contributed by atoms with Crippen LogP contribution in [0.15, 0.2) is 35.7 Å². The third kappa shape index (κ3) is 4.13. The lowest BCUT2D eigenvalue weighted by atomic mass is 10.2. The molecule has 0 radical (unpaired) electrons. The van der Waals surface area contributed by atoms with Crippen molar-refractivity contribution < 1.29 is 9.53 Å². The number of aryl methyl sites for hydroxylation is 1. The number of hydrogen-bond acceptors (Lipinski definition) is 6. The minimum absolute atomic E-state index is 0.111. The van der Waals surface area contributed by atoms with E-state index >= 15 is 0 Å². The lowest BCUT2D eigenvalue weighted by Crippen LogP contribution is -2.10. The number of pyridine rings is 1. The molecule has 29 heavy (non-hydrogen) atoms. The van der Waals surface area contributed by atoms with E-state index in [1.54, 1.807) is 19.5 Å². The number of carbonyl (C=O) groups excluding carboxylic acids is 1. The maximum absolute atomic E-state index is 12.9. The minimum atomic E-state index is 0.111. The summed E-state index contributed by atoms with van der Waals surface area (Å²) in [6, 6.07) is 6.28. The van der Waals surface area contributed by atoms with Gasteiger partial charge >= 0.3 is 0 Å². The molecule has 0 aliphatic heterocycles. The number of ketones is 1. The first-order valence-corrected chi connectivity index (χ1v) is 10.8. The van der Waals surface area contributed by atoms with Gasteiger partial charge in [-0.15, -0.1) is 10.2 Å². The quantitative estimate of drug-likeness (QED) is 0.395. The zero-order valence-corrected chi connectivity index (χ0v) is 17.8. The monoisotopic (exact) mass is 411 g/mol. The second-order valence-electron chi connectivity index (χ2n) is 7.29. The first-order valence-electron chi connectivity index (χ1n) is 9.77. The fraction of sp³-hybridized carbons (Fsp3) is 0.429. The van der Waals surface area contributed by atoms with E-state index in [0.29, 0.717) is 18.4 Å². The predicted molar refractivity (Wildman–Crippen MR) is 112 cm³/mol. The Morgan fingerprint density at radius 1 is 1.31 bits per heavy atom. The summed E-state index contributed by atoms with van der Waals surface area (Å²) in [4.78, 5) is 17.1. The van der Waals surface area contributed by atoms with Crippen LogP contribution in [0.2, 0.25) is 0 Å². The van der Waals surface area contributed by atoms with Crippen molar-refractivity contribution in [1.29, 1.82) is 0 Å². The summed E-state index contributed by atoms with van der Waals surface area (Å²) in [7, 11) is 1.69. The van der Waals surface area contributed by atoms with Crippen molar-refractivity contribution in [3.8, 4) is 11.4 Å². The average Bonchev–Trinajstić information content (AvgIpc) is 3.42. The second-order valence-corrected chi connectivity index (χ2v) is 8.23. The van der Waals surface area contributed by atoms with Crippen molar-refractivity contribution in [3.63, 3.8) is 0 Å². The van der Waals surface area contributed by atoms with Crippen LogP contribution in [0.25, 0.3) is 11.4 Å². The number of hydrogen-bond donors (Lipinski definition) is 0. The van der Waals surface area contributed by atoms with Gasteiger partial charge in [0.2, 0.25) is 0 Å². The highest BCUT2D eigenvalue weighted by Gasteiger charge is 2.30. The minimum Gasteiger partial charge on any atom is -0.383 e. The van der Waals surface area contributed by atoms with E-state index in [4.69, 9.17) is 4.74 Å². The van der Waals surface area contributed by atoms with Crippen LogP contribution in [-0.4, -0.2) is 49.6 Å². The van der Waals surface area contributed by atoms with Gasteiger partial charge in [0.1, 0.15) is 0 Å². The fourth-order valence-electron chi connectivity index (χ4n) is 3.55. The van der Waals surface area contributed by atoms with Gasteiger partial charge in [-0.1, -0.05) is 11.8 Å². The Labute approximate surface area is 174 Å². The Morgan fingerprint density at radius 2 is 2.14 bits per heavy atom. The number of nitrogens with zero attached hydrogens (tertiary/aromatic N) is 5. The normalized spacial score (nSPS) is 13.8. The van der Waals surface area contributed by atoms with E-state index in [-0.39, 0.29) is 5.78 Å². The van der Waals surface area contributed by atoms with Gasteiger partial charge in [0.05, 0.1) is 12.4 Å². The van der Waals surface area contributed by atoms with E-state index in [2.05, 4.69) is 24.3 Å². The van der Waals surface area contributed by atoms with Crippen LogP contribution in [-0.2, 0) is 11.3 Å². The molecule has 0 aromatic carbocycles. The summed E-state index contributed by atoms with van der Waals surface area (Å²) in [5.74, 6) is 1.28. The van der Waals surface area contributed by atoms with E-state index in [9.17, 15) is 4.79 Å². The van der Waals surface area contributed by atoms with Crippen molar-refractivity contribution in [2.45, 2.75) is 44.4 Å². The number of ether oxygens (including phenoxy) is 1. The largest absolute Gasteiger partial charge is 0.383 e. The van der Waals surface area contributed by atoms with Crippen LogP contribution in [0.4, 0.5) is 0 Å². The van der Waals surface area contributed by atoms with E-state index in [1.165, 1.54) is 11.8 Å². The molecule has 0 saturated heterocycles. The summed E-state index contributed by atoms with van der Waals surface area (Å²) in [6.45, 7) is 5.39. The summed E-state index contributed by atoms with van der Waals surface area (Å²) < 4.78 is 9.48. The van der Waals surface area contributed by atoms with Crippen LogP contribution in [0.5, 0.6) is 0 Å². The van der Waals surface area contributed by atoms with Gasteiger partial charge in [0, 0.05) is 54.6 Å². The third-order valence-corrected chi connectivity index (χ3v) is 6.16. The molecular weight excluding hydrogens is 386 g/mol. The molecule has 8 heteroatoms. The van der Waals surface area contributed by atoms with Crippen LogP contribution in [0.3, 0.4) is 0 Å². The maximum atomic E-state index is 12.9. The third-order valence-electron chi connectivity index (χ3n) is 5.22. The van der Waals surface area contributed by atoms with E-state index in [0.717, 1.165) is 52.9 Å². The molecule has 1 aliphatic carbocycles. The van der Waals surface area contributed by atoms with Crippen molar-refractivity contribution in [2.24, 2.45) is 0 Å². The number of thioether (sulfide) groups is 1. The highest BCUT2D eigenvalue weighted by atomic mass is 32.2. The molecule has 0 spiro atoms. The van der Waals surface area contributed by atoms with E-state index in [1.807, 2.05) is 32.0 Å². The molecule has 0 amide bonds. The Bertz CT molecular complexity index is 1010. The SMILES string of the molecule is COCCn1c(C)cc(C(=O)CSc2nnc(-c3cccnc3)n2C2CC2)c1C. The Balaban J connectivity index is 1.51. The molecule has 3 heterocycles. The van der Waals surface area contributed by atoms with Crippen molar-refractivity contribution in [3.05, 3.63) is 47.5 Å². The summed E-state index contributed by atoms with van der Waals surface area (Å²) in [5, 5.41) is 9.57. The first-order chi connectivity index (χ1) is 14.1. The zero-order valence-electron chi connectivity index (χ0n) is 17.0. The molecule has 7 nitrogen and oxygen atoms in total. The first kappa shape index (κ1) is 19.8. The van der Waals surface area contributed by atoms with Gasteiger partial charge in [0.25, 0.3) is 0 Å². The van der Waals surface area contributed by atoms with Crippen molar-refractivity contribution in [1.82, 2.24) is 24.3 Å². The van der Waals surface area contributed by atoms with Gasteiger partial charge in [-0.2, -0.15) is 0 Å². The smallest absolute Gasteiger partial charge is 0.192 e. The summed E-state index contributed by atoms with van der Waals surface area (Å²) in [5.41, 5.74) is 3.79. The predicted octanol–water partition coefficient (Wildman–Crippen LogP) is 3.71. The number of carbonyl (C=O) groups is 1. The molecule has 1 fully saturated rings. The lowest BCUT2D eigenvalue weighted by molar-refractivity contribution is 0.102. The topological polar surface area (TPSA) is 74.8 Å². The molecule has 1 aliphatic rings. The van der Waals surface area contributed by atoms with Gasteiger partial charge in [-0.05, 0) is 44.9 Å². The van der Waals surface area contributed by atoms with Gasteiger partial charge in [-0.25, -0.2) is 0 Å². The Hall–Kier alpha value is -2.45. The van der Waals surface area contributed by atoms with Crippen molar-refractivity contribution >= 4 is 17.5 Å². The highest BCUT2D eigenvalue weighted by Crippen LogP contribution is 2.41. The van der Waals surface area contributed by atoms with Crippen molar-refractivity contribution in [2.75, 3.05) is 19.5 Å². The lowest BCUT2D eigenvalue weighted by Gasteiger charge is -2.09. The molecule has 1 saturated carbocycles. The molecule has 3 aromatic heterocycles. The molecule has 3 aromatic rings. The van der Waals surface area contributed by atoms with Gasteiger partial charge < -0.3 is 9.30 Å². The van der Waals surface area contributed by atoms with Crippen LogP contribution < -0.4 is 0 Å². The molecule has 152 valence electrons. The molecule has 0 unspecified atom stereocenters. The van der Waals surface area contributed by atoms with Gasteiger partial charge in [0.15, 0.2) is 16.8 Å². The molecule has 4 rings (SSSR count). The maximum Gasteiger partial charge on any atom is 0.192 e. The highest BCUT2D eigenvalue weighted by molar-refractivity contribution is 7.99. The number of rotatable bonds is 9. The second kappa shape index (κ2) is 8.51. The van der Waals surface area contributed by atoms with Crippen LogP contribution in [0, 0.1) is 13.8 Å². The Morgan fingerprint density at radius 3 is 2.83 bits per heavy atom. The average molecular weight is 412 g/mol. The number of methoxy groups -OCH3 is 1. The standard InChI is InChI=1S/C21H25N5O2S/c1-14-11-18(15(2)25(14)9-10-28-3)19(27)13-29-21-24-23-20(26(21)17-6-7-17)16-5-4-8-22-12-16/h4-5,8,11-12,17H,6-7,9-10,13H2,1-3H3. The molecule has 0 atom stereocenters. The molecule has 0 N–H and O–H groups in total. The summed E-state index contributed by atoms with van der Waals surface area (Å²) >= 11 is 1.46. The fourth-order valence-corrected chi connectivity index (χ4v) is 4.44. The van der Waals surface area contributed by atoms with E-state index < -0.39 is 0 Å². The van der Waals surface area contributed by atoms with Gasteiger partial charge in [-0.3, -0.25) is 14.3 Å². The summed E-state index contributed by atoms with van der Waals surface area (Å²) in [6.07, 6.45) is 5.79. The van der Waals surface area contributed by atoms with Crippen LogP contribution in [0.1, 0.15) is 40.6 Å². The number of Topliss-reactive ketones (excluding diaryl/α,β-unsaturated/α-hetero) is 1. The molecular formula is C21H25N5O2S. The molecule has 0 bridgehead atoms. The Kier molecular flexibility index (Phi) is 5.82. The zero-order chi connectivity index (χ0) is 20.4. The number of aromatic nitrogens is 5. The van der Waals surface area contributed by atoms with Crippen LogP contribution >= 0.6 is 11.8 Å².